The van der Waals surface area contributed by atoms with Gasteiger partial charge < -0.3 is 4.90 Å². The van der Waals surface area contributed by atoms with E-state index in [1.165, 1.54) is 141 Å². The van der Waals surface area contributed by atoms with Gasteiger partial charge in [0.1, 0.15) is 0 Å². The van der Waals surface area contributed by atoms with E-state index >= 15 is 0 Å². The number of fused-ring (bicyclic) bond motifs is 7. The van der Waals surface area contributed by atoms with E-state index in [1.54, 1.807) is 0 Å². The second-order valence-corrected chi connectivity index (χ2v) is 17.9. The zero-order chi connectivity index (χ0) is 36.7. The van der Waals surface area contributed by atoms with Crippen molar-refractivity contribution in [2.45, 2.75) is 88.9 Å². The molecule has 0 N–H and O–H groups in total. The van der Waals surface area contributed by atoms with Crippen molar-refractivity contribution in [3.05, 3.63) is 162 Å². The van der Waals surface area contributed by atoms with Crippen LogP contribution in [0.2, 0.25) is 0 Å². The number of rotatable bonds is 6. The molecule has 7 aromatic carbocycles. The number of nitrogens with zero attached hydrogens (tertiary/aromatic N) is 1. The molecule has 3 saturated carbocycles. The summed E-state index contributed by atoms with van der Waals surface area (Å²) >= 11 is 0. The lowest BCUT2D eigenvalue weighted by molar-refractivity contribution is 0.420. The third-order valence-corrected chi connectivity index (χ3v) is 14.5. The monoisotopic (exact) mass is 713 g/mol. The molecule has 0 amide bonds. The topological polar surface area (TPSA) is 3.24 Å². The molecule has 7 aromatic rings. The van der Waals surface area contributed by atoms with Gasteiger partial charge in [0.15, 0.2) is 0 Å². The van der Waals surface area contributed by atoms with Gasteiger partial charge in [0.2, 0.25) is 0 Å². The maximum absolute atomic E-state index is 2.63. The average Bonchev–Trinajstić information content (AvgIpc) is 3.94. The van der Waals surface area contributed by atoms with Gasteiger partial charge in [-0.25, -0.2) is 0 Å². The van der Waals surface area contributed by atoms with Crippen LogP contribution < -0.4 is 4.90 Å². The minimum absolute atomic E-state index is 0.123. The first-order valence-electron chi connectivity index (χ1n) is 21.2. The van der Waals surface area contributed by atoms with Gasteiger partial charge in [-0.1, -0.05) is 143 Å². The molecule has 0 radical (unpaired) electrons. The van der Waals surface area contributed by atoms with Crippen LogP contribution in [-0.2, 0) is 5.41 Å². The molecule has 272 valence electrons. The molecule has 55 heavy (non-hydrogen) atoms. The number of benzene rings is 7. The molecule has 1 heteroatoms. The summed E-state index contributed by atoms with van der Waals surface area (Å²) in [6.07, 6.45) is 12.3. The van der Waals surface area contributed by atoms with E-state index in [9.17, 15) is 0 Å². The lowest BCUT2D eigenvalue weighted by Crippen LogP contribution is -2.17. The number of hydrogen-bond donors (Lipinski definition) is 0. The molecule has 0 spiro atoms. The summed E-state index contributed by atoms with van der Waals surface area (Å²) in [5.74, 6) is 3.15. The van der Waals surface area contributed by atoms with Crippen LogP contribution in [0.25, 0.3) is 43.8 Å². The standard InChI is InChI=1S/C54H51N/c1-54(2)50-20-9-8-18-45(50)48-33-49(44-19-10-15-37-14-6-7-17-43(37)44)53(34-51(48)54)55(42-28-26-39(27-29-42)46-31-35-22-23-41(46)30-35)52-21-11-16-38-24-25-40(32-47(38)52)36-12-4-3-5-13-36/h6-11,14-21,24-29,32-36,41,46H,3-5,12-13,22-23,30-31H2,1-2H3. The van der Waals surface area contributed by atoms with Gasteiger partial charge in [0.05, 0.1) is 11.4 Å². The van der Waals surface area contributed by atoms with Crippen LogP contribution >= 0.6 is 0 Å². The molecule has 0 heterocycles. The van der Waals surface area contributed by atoms with Crippen molar-refractivity contribution in [3.63, 3.8) is 0 Å². The normalized spacial score (nSPS) is 21.2. The van der Waals surface area contributed by atoms with E-state index in [-0.39, 0.29) is 5.41 Å². The predicted molar refractivity (Wildman–Crippen MR) is 233 cm³/mol. The van der Waals surface area contributed by atoms with E-state index in [2.05, 4.69) is 158 Å². The van der Waals surface area contributed by atoms with E-state index in [1.807, 2.05) is 0 Å². The van der Waals surface area contributed by atoms with Gasteiger partial charge in [-0.05, 0) is 147 Å². The fraction of sp³-hybridized carbons (Fsp3) is 0.296. The minimum atomic E-state index is -0.123. The summed E-state index contributed by atoms with van der Waals surface area (Å²) in [7, 11) is 0. The highest BCUT2D eigenvalue weighted by atomic mass is 15.1. The summed E-state index contributed by atoms with van der Waals surface area (Å²) in [4.78, 5) is 2.63. The molecule has 4 aliphatic rings. The zero-order valence-corrected chi connectivity index (χ0v) is 32.4. The third kappa shape index (κ3) is 5.41. The molecule has 0 saturated heterocycles. The Bertz CT molecular complexity index is 2580. The lowest BCUT2D eigenvalue weighted by Gasteiger charge is -2.32. The summed E-state index contributed by atoms with van der Waals surface area (Å²) in [6, 6.07) is 54.2. The van der Waals surface area contributed by atoms with Gasteiger partial charge in [-0.3, -0.25) is 0 Å². The van der Waals surface area contributed by atoms with E-state index in [0.29, 0.717) is 11.8 Å². The van der Waals surface area contributed by atoms with Crippen molar-refractivity contribution in [1.29, 1.82) is 0 Å². The van der Waals surface area contributed by atoms with Crippen molar-refractivity contribution in [3.8, 4) is 22.3 Å². The SMILES string of the molecule is CC1(C)c2ccccc2-c2cc(-c3cccc4ccccc34)c(N(c3ccc(C4CC5CCC4C5)cc3)c3cccc4ccc(C5CCCCC5)cc34)cc21. The largest absolute Gasteiger partial charge is 0.309 e. The maximum atomic E-state index is 2.63. The molecular weight excluding hydrogens is 663 g/mol. The summed E-state index contributed by atoms with van der Waals surface area (Å²) in [5, 5.41) is 5.22. The first kappa shape index (κ1) is 33.2. The Morgan fingerprint density at radius 1 is 0.491 bits per heavy atom. The summed E-state index contributed by atoms with van der Waals surface area (Å²) < 4.78 is 0. The highest BCUT2D eigenvalue weighted by molar-refractivity contribution is 6.06. The van der Waals surface area contributed by atoms with Crippen molar-refractivity contribution >= 4 is 38.6 Å². The quantitative estimate of drug-likeness (QED) is 0.166. The zero-order valence-electron chi connectivity index (χ0n) is 32.4. The second-order valence-electron chi connectivity index (χ2n) is 17.9. The molecule has 1 nitrogen and oxygen atoms in total. The molecular formula is C54H51N. The molecule has 4 aliphatic carbocycles. The number of anilines is 3. The van der Waals surface area contributed by atoms with Crippen LogP contribution in [0.15, 0.2) is 140 Å². The van der Waals surface area contributed by atoms with Crippen molar-refractivity contribution in [1.82, 2.24) is 0 Å². The summed E-state index contributed by atoms with van der Waals surface area (Å²) in [6.45, 7) is 4.84. The lowest BCUT2D eigenvalue weighted by atomic mass is 9.81. The van der Waals surface area contributed by atoms with Crippen LogP contribution in [0.4, 0.5) is 17.1 Å². The fourth-order valence-electron chi connectivity index (χ4n) is 11.7. The van der Waals surface area contributed by atoms with E-state index in [0.717, 1.165) is 11.8 Å². The Hall–Kier alpha value is -5.14. The molecule has 0 aliphatic heterocycles. The highest BCUT2D eigenvalue weighted by Gasteiger charge is 2.40. The molecule has 11 rings (SSSR count). The first-order chi connectivity index (χ1) is 27.0. The Balaban J connectivity index is 1.18. The summed E-state index contributed by atoms with van der Waals surface area (Å²) in [5.41, 5.74) is 14.8. The minimum Gasteiger partial charge on any atom is -0.309 e. The Morgan fingerprint density at radius 3 is 2.04 bits per heavy atom. The maximum Gasteiger partial charge on any atom is 0.0544 e. The smallest absolute Gasteiger partial charge is 0.0544 e. The molecule has 3 atom stereocenters. The fourth-order valence-corrected chi connectivity index (χ4v) is 11.7. The Morgan fingerprint density at radius 2 is 1.22 bits per heavy atom. The van der Waals surface area contributed by atoms with Gasteiger partial charge in [0.25, 0.3) is 0 Å². The van der Waals surface area contributed by atoms with Gasteiger partial charge in [0, 0.05) is 22.1 Å². The van der Waals surface area contributed by atoms with Crippen molar-refractivity contribution in [2.75, 3.05) is 4.90 Å². The molecule has 3 fully saturated rings. The molecule has 2 bridgehead atoms. The average molecular weight is 714 g/mol. The van der Waals surface area contributed by atoms with Crippen molar-refractivity contribution in [2.24, 2.45) is 11.8 Å². The van der Waals surface area contributed by atoms with E-state index < -0.39 is 0 Å². The first-order valence-corrected chi connectivity index (χ1v) is 21.2. The van der Waals surface area contributed by atoms with Gasteiger partial charge >= 0.3 is 0 Å². The van der Waals surface area contributed by atoms with E-state index in [4.69, 9.17) is 0 Å². The second kappa shape index (κ2) is 13.0. The third-order valence-electron chi connectivity index (χ3n) is 14.5. The van der Waals surface area contributed by atoms with Crippen LogP contribution in [0.3, 0.4) is 0 Å². The van der Waals surface area contributed by atoms with Gasteiger partial charge in [-0.15, -0.1) is 0 Å². The van der Waals surface area contributed by atoms with Crippen LogP contribution in [0.1, 0.15) is 106 Å². The molecule has 3 unspecified atom stereocenters. The Labute approximate surface area is 327 Å². The van der Waals surface area contributed by atoms with Crippen LogP contribution in [0.5, 0.6) is 0 Å². The molecule has 0 aromatic heterocycles. The highest BCUT2D eigenvalue weighted by Crippen LogP contribution is 2.56. The van der Waals surface area contributed by atoms with Crippen LogP contribution in [-0.4, -0.2) is 0 Å². The predicted octanol–water partition coefficient (Wildman–Crippen LogP) is 15.4. The van der Waals surface area contributed by atoms with Crippen LogP contribution in [0, 0.1) is 11.8 Å². The Kier molecular flexibility index (Phi) is 7.84. The van der Waals surface area contributed by atoms with Gasteiger partial charge in [-0.2, -0.15) is 0 Å². The van der Waals surface area contributed by atoms with Crippen molar-refractivity contribution < 1.29 is 0 Å². The number of hydrogen-bond acceptors (Lipinski definition) is 1.